The Labute approximate surface area is 124 Å². The van der Waals surface area contributed by atoms with Crippen molar-refractivity contribution in [3.8, 4) is 0 Å². The predicted molar refractivity (Wildman–Crippen MR) is 74.2 cm³/mol. The molecule has 1 saturated heterocycles. The van der Waals surface area contributed by atoms with Crippen molar-refractivity contribution in [3.05, 3.63) is 39.9 Å². The van der Waals surface area contributed by atoms with Gasteiger partial charge in [-0.05, 0) is 19.9 Å². The molecular weight excluding hydrogens is 300 g/mol. The molecule has 2 rings (SSSR count). The minimum absolute atomic E-state index is 0.0670. The first-order valence-electron chi connectivity index (χ1n) is 6.18. The van der Waals surface area contributed by atoms with Crippen molar-refractivity contribution in [1.82, 2.24) is 0 Å². The average Bonchev–Trinajstić information content (AvgIpc) is 2.71. The second kappa shape index (κ2) is 6.16. The lowest BCUT2D eigenvalue weighted by Gasteiger charge is -2.16. The number of nitrogens with two attached hydrogens (primary N) is 1. The molecule has 1 aliphatic rings. The largest absolute Gasteiger partial charge is 0.342 e. The summed E-state index contributed by atoms with van der Waals surface area (Å²) in [5.41, 5.74) is 0.312. The van der Waals surface area contributed by atoms with Gasteiger partial charge in [-0.1, -0.05) is 12.1 Å². The van der Waals surface area contributed by atoms with Crippen molar-refractivity contribution in [2.45, 2.75) is 31.8 Å². The van der Waals surface area contributed by atoms with E-state index < -0.39 is 34.2 Å². The zero-order valence-corrected chi connectivity index (χ0v) is 12.4. The molecule has 8 nitrogen and oxygen atoms in total. The summed E-state index contributed by atoms with van der Waals surface area (Å²) >= 11 is -1.94. The fourth-order valence-electron chi connectivity index (χ4n) is 2.25. The SMILES string of the molecule is CC1(C)O[C@H](c2ccccc2[N+](=O)[O-])[C@@H](COS(N)=O)O1. The molecule has 2 N–H and O–H groups in total. The van der Waals surface area contributed by atoms with Crippen LogP contribution in [0.4, 0.5) is 5.69 Å². The van der Waals surface area contributed by atoms with Gasteiger partial charge in [0.05, 0.1) is 17.1 Å². The van der Waals surface area contributed by atoms with E-state index in [-0.39, 0.29) is 12.3 Å². The van der Waals surface area contributed by atoms with Crippen molar-refractivity contribution >= 4 is 17.0 Å². The van der Waals surface area contributed by atoms with Crippen molar-refractivity contribution in [3.63, 3.8) is 0 Å². The lowest BCUT2D eigenvalue weighted by Crippen LogP contribution is -2.26. The first kappa shape index (κ1) is 16.0. The summed E-state index contributed by atoms with van der Waals surface area (Å²) < 4.78 is 27.1. The summed E-state index contributed by atoms with van der Waals surface area (Å²) in [5.74, 6) is -0.932. The molecule has 0 spiro atoms. The van der Waals surface area contributed by atoms with E-state index in [1.54, 1.807) is 32.0 Å². The van der Waals surface area contributed by atoms with Crippen LogP contribution in [0.3, 0.4) is 0 Å². The van der Waals surface area contributed by atoms with Crippen LogP contribution in [0.15, 0.2) is 24.3 Å². The predicted octanol–water partition coefficient (Wildman–Crippen LogP) is 1.34. The molecule has 0 aliphatic carbocycles. The number of hydrogen-bond acceptors (Lipinski definition) is 6. The van der Waals surface area contributed by atoms with E-state index in [0.29, 0.717) is 5.56 Å². The summed E-state index contributed by atoms with van der Waals surface area (Å²) in [6, 6.07) is 6.24. The van der Waals surface area contributed by atoms with Gasteiger partial charge in [0.1, 0.15) is 12.2 Å². The zero-order chi connectivity index (χ0) is 15.6. The molecule has 0 bridgehead atoms. The lowest BCUT2D eigenvalue weighted by molar-refractivity contribution is -0.386. The minimum atomic E-state index is -1.94. The van der Waals surface area contributed by atoms with Crippen LogP contribution in [0, 0.1) is 10.1 Å². The van der Waals surface area contributed by atoms with E-state index in [1.165, 1.54) is 6.07 Å². The van der Waals surface area contributed by atoms with Crippen LogP contribution in [-0.4, -0.2) is 27.6 Å². The van der Waals surface area contributed by atoms with E-state index in [9.17, 15) is 14.3 Å². The Bertz CT molecular complexity index is 564. The van der Waals surface area contributed by atoms with Gasteiger partial charge in [-0.2, -0.15) is 0 Å². The molecule has 3 atom stereocenters. The number of nitro benzene ring substituents is 1. The van der Waals surface area contributed by atoms with E-state index >= 15 is 0 Å². The smallest absolute Gasteiger partial charge is 0.275 e. The van der Waals surface area contributed by atoms with Crippen molar-refractivity contribution in [1.29, 1.82) is 0 Å². The molecule has 9 heteroatoms. The molecule has 21 heavy (non-hydrogen) atoms. The highest BCUT2D eigenvalue weighted by Crippen LogP contribution is 2.41. The van der Waals surface area contributed by atoms with Crippen LogP contribution in [0.5, 0.6) is 0 Å². The van der Waals surface area contributed by atoms with Gasteiger partial charge >= 0.3 is 0 Å². The third-order valence-electron chi connectivity index (χ3n) is 2.97. The van der Waals surface area contributed by atoms with Crippen LogP contribution in [-0.2, 0) is 24.9 Å². The van der Waals surface area contributed by atoms with E-state index in [1.807, 2.05) is 0 Å². The van der Waals surface area contributed by atoms with Crippen LogP contribution in [0.25, 0.3) is 0 Å². The van der Waals surface area contributed by atoms with Gasteiger partial charge in [-0.25, -0.2) is 9.35 Å². The summed E-state index contributed by atoms with van der Waals surface area (Å²) in [7, 11) is 0. The van der Waals surface area contributed by atoms with Gasteiger partial charge in [0.15, 0.2) is 5.79 Å². The Balaban J connectivity index is 2.31. The number of nitrogens with zero attached hydrogens (tertiary/aromatic N) is 1. The fraction of sp³-hybridized carbons (Fsp3) is 0.500. The number of nitro groups is 1. The molecule has 0 amide bonds. The van der Waals surface area contributed by atoms with E-state index in [2.05, 4.69) is 0 Å². The van der Waals surface area contributed by atoms with Crippen LogP contribution in [0.1, 0.15) is 25.5 Å². The minimum Gasteiger partial charge on any atom is -0.342 e. The van der Waals surface area contributed by atoms with Gasteiger partial charge < -0.3 is 9.47 Å². The molecule has 0 radical (unpaired) electrons. The van der Waals surface area contributed by atoms with Crippen LogP contribution in [0.2, 0.25) is 0 Å². The molecular formula is C12H16N2O6S. The van der Waals surface area contributed by atoms with Gasteiger partial charge in [-0.15, -0.1) is 0 Å². The second-order valence-electron chi connectivity index (χ2n) is 4.96. The molecule has 1 unspecified atom stereocenters. The van der Waals surface area contributed by atoms with Gasteiger partial charge in [0.2, 0.25) is 11.3 Å². The van der Waals surface area contributed by atoms with Gasteiger partial charge in [-0.3, -0.25) is 14.3 Å². The standard InChI is InChI=1S/C12H16N2O6S/c1-12(2)19-10(7-18-21(13)17)11(20-12)8-5-3-4-6-9(8)14(15)16/h3-6,10-11H,7,13H2,1-2H3/t10-,11-,21?/m1/s1. The Kier molecular flexibility index (Phi) is 4.69. The molecule has 0 saturated carbocycles. The first-order valence-corrected chi connectivity index (χ1v) is 7.32. The van der Waals surface area contributed by atoms with Crippen molar-refractivity contribution < 1.29 is 22.8 Å². The highest BCUT2D eigenvalue weighted by Gasteiger charge is 2.44. The summed E-state index contributed by atoms with van der Waals surface area (Å²) in [5, 5.41) is 16.2. The molecule has 116 valence electrons. The topological polar surface area (TPSA) is 114 Å². The van der Waals surface area contributed by atoms with E-state index in [4.69, 9.17) is 18.8 Å². The third kappa shape index (κ3) is 3.83. The normalized spacial score (nSPS) is 25.7. The average molecular weight is 316 g/mol. The lowest BCUT2D eigenvalue weighted by atomic mass is 10.0. The number of ether oxygens (including phenoxy) is 2. The number of para-hydroxylation sites is 1. The van der Waals surface area contributed by atoms with Gasteiger partial charge in [0.25, 0.3) is 5.69 Å². The number of rotatable bonds is 5. The quantitative estimate of drug-likeness (QED) is 0.647. The maximum absolute atomic E-state index is 11.1. The summed E-state index contributed by atoms with van der Waals surface area (Å²) in [6.45, 7) is 3.28. The molecule has 1 heterocycles. The number of benzene rings is 1. The second-order valence-corrected chi connectivity index (χ2v) is 5.71. The van der Waals surface area contributed by atoms with Gasteiger partial charge in [0, 0.05) is 6.07 Å². The zero-order valence-electron chi connectivity index (χ0n) is 11.6. The van der Waals surface area contributed by atoms with Crippen molar-refractivity contribution in [2.24, 2.45) is 5.14 Å². The molecule has 1 aromatic rings. The number of hydrogen-bond donors (Lipinski definition) is 1. The maximum atomic E-state index is 11.1. The third-order valence-corrected chi connectivity index (χ3v) is 3.34. The highest BCUT2D eigenvalue weighted by molar-refractivity contribution is 7.77. The van der Waals surface area contributed by atoms with Crippen LogP contribution >= 0.6 is 0 Å². The van der Waals surface area contributed by atoms with Crippen molar-refractivity contribution in [2.75, 3.05) is 6.61 Å². The maximum Gasteiger partial charge on any atom is 0.275 e. The van der Waals surface area contributed by atoms with Crippen LogP contribution < -0.4 is 5.14 Å². The van der Waals surface area contributed by atoms with E-state index in [0.717, 1.165) is 0 Å². The monoisotopic (exact) mass is 316 g/mol. The molecule has 1 aromatic carbocycles. The fourth-order valence-corrected chi connectivity index (χ4v) is 2.52. The molecule has 1 fully saturated rings. The Morgan fingerprint density at radius 2 is 2.10 bits per heavy atom. The highest BCUT2D eigenvalue weighted by atomic mass is 32.2. The first-order chi connectivity index (χ1) is 9.80. The molecule has 1 aliphatic heterocycles. The summed E-state index contributed by atoms with van der Waals surface area (Å²) in [4.78, 5) is 10.6. The Morgan fingerprint density at radius 1 is 1.43 bits per heavy atom. The summed E-state index contributed by atoms with van der Waals surface area (Å²) in [6.07, 6.45) is -1.35. The Morgan fingerprint density at radius 3 is 2.71 bits per heavy atom. The Hall–Kier alpha value is -1.39. The molecule has 0 aromatic heterocycles.